The summed E-state index contributed by atoms with van der Waals surface area (Å²) in [6.45, 7) is 2.46. The van der Waals surface area contributed by atoms with Crippen molar-refractivity contribution in [3.63, 3.8) is 0 Å². The van der Waals surface area contributed by atoms with Crippen LogP contribution >= 0.6 is 31.9 Å². The summed E-state index contributed by atoms with van der Waals surface area (Å²) in [5.74, 6) is -1.02. The minimum Gasteiger partial charge on any atom is -0.463 e. The third-order valence-electron chi connectivity index (χ3n) is 3.53. The molecule has 0 unspecified atom stereocenters. The van der Waals surface area contributed by atoms with Gasteiger partial charge in [0.25, 0.3) is 5.56 Å². The van der Waals surface area contributed by atoms with Gasteiger partial charge in [-0.05, 0) is 20.9 Å². The second-order valence-corrected chi connectivity index (χ2v) is 6.81. The Morgan fingerprint density at radius 1 is 1.38 bits per heavy atom. The van der Waals surface area contributed by atoms with Gasteiger partial charge in [0.1, 0.15) is 12.7 Å². The molecule has 0 amide bonds. The third kappa shape index (κ3) is 4.92. The molecule has 1 aliphatic heterocycles. The van der Waals surface area contributed by atoms with Crippen molar-refractivity contribution < 1.29 is 23.8 Å². The van der Waals surface area contributed by atoms with Crippen LogP contribution in [0.1, 0.15) is 32.1 Å². The van der Waals surface area contributed by atoms with Gasteiger partial charge in [0.05, 0.1) is 11.7 Å². The minimum atomic E-state index is -0.974. The first-order chi connectivity index (χ1) is 12.2. The SMILES string of the molecule is CC(=O)OC[C@@H]1C[C@@H](OC(C)=O)[C@H](n2cc(C(Br)=CBr)c(=O)[nH]c2=O)O1. The van der Waals surface area contributed by atoms with Gasteiger partial charge in [0.15, 0.2) is 6.23 Å². The fraction of sp³-hybridized carbons (Fsp3) is 0.467. The van der Waals surface area contributed by atoms with E-state index in [-0.39, 0.29) is 18.6 Å². The van der Waals surface area contributed by atoms with Crippen LogP contribution in [0.25, 0.3) is 4.48 Å². The molecule has 0 saturated carbocycles. The van der Waals surface area contributed by atoms with Crippen molar-refractivity contribution >= 4 is 48.3 Å². The molecular weight excluding hydrogens is 480 g/mol. The molecule has 142 valence electrons. The van der Waals surface area contributed by atoms with Gasteiger partial charge in [-0.3, -0.25) is 23.9 Å². The molecule has 1 saturated heterocycles. The Bertz CT molecular complexity index is 845. The van der Waals surface area contributed by atoms with E-state index in [0.717, 1.165) is 4.57 Å². The number of carbonyl (C=O) groups excluding carboxylic acids is 2. The number of nitrogens with one attached hydrogen (secondary N) is 1. The molecule has 0 radical (unpaired) electrons. The van der Waals surface area contributed by atoms with Crippen LogP contribution < -0.4 is 11.2 Å². The lowest BCUT2D eigenvalue weighted by atomic mass is 10.2. The van der Waals surface area contributed by atoms with Crippen LogP contribution in [0.4, 0.5) is 0 Å². The summed E-state index contributed by atoms with van der Waals surface area (Å²) in [6.07, 6.45) is -0.785. The minimum absolute atomic E-state index is 0.0421. The van der Waals surface area contributed by atoms with E-state index in [2.05, 4.69) is 36.8 Å². The number of ether oxygens (including phenoxy) is 3. The summed E-state index contributed by atoms with van der Waals surface area (Å²) in [7, 11) is 0. The van der Waals surface area contributed by atoms with Gasteiger partial charge in [0.2, 0.25) is 0 Å². The summed E-state index contributed by atoms with van der Waals surface area (Å²) in [5.41, 5.74) is -1.13. The van der Waals surface area contributed by atoms with Crippen molar-refractivity contribution in [2.24, 2.45) is 0 Å². The van der Waals surface area contributed by atoms with Gasteiger partial charge in [-0.1, -0.05) is 15.9 Å². The number of aromatic amines is 1. The van der Waals surface area contributed by atoms with E-state index < -0.39 is 41.6 Å². The van der Waals surface area contributed by atoms with Crippen molar-refractivity contribution in [1.82, 2.24) is 9.55 Å². The summed E-state index contributed by atoms with van der Waals surface area (Å²) < 4.78 is 17.4. The van der Waals surface area contributed by atoms with Crippen LogP contribution in [0.15, 0.2) is 20.8 Å². The summed E-state index contributed by atoms with van der Waals surface area (Å²) in [4.78, 5) is 50.2. The van der Waals surface area contributed by atoms with E-state index in [9.17, 15) is 19.2 Å². The average molecular weight is 496 g/mol. The van der Waals surface area contributed by atoms with Crippen LogP contribution in [-0.2, 0) is 23.8 Å². The first kappa shape index (κ1) is 20.6. The highest BCUT2D eigenvalue weighted by Gasteiger charge is 2.40. The highest BCUT2D eigenvalue weighted by Crippen LogP contribution is 2.31. The zero-order valence-corrected chi connectivity index (χ0v) is 17.0. The maximum atomic E-state index is 12.2. The number of H-pyrrole nitrogens is 1. The number of halogens is 2. The second kappa shape index (κ2) is 8.78. The smallest absolute Gasteiger partial charge is 0.330 e. The molecule has 26 heavy (non-hydrogen) atoms. The third-order valence-corrected chi connectivity index (χ3v) is 5.26. The first-order valence-corrected chi connectivity index (χ1v) is 9.21. The van der Waals surface area contributed by atoms with Gasteiger partial charge in [0, 0.05) is 30.9 Å². The molecule has 0 aromatic carbocycles. The van der Waals surface area contributed by atoms with Crippen molar-refractivity contribution in [2.45, 2.75) is 38.7 Å². The van der Waals surface area contributed by atoms with Gasteiger partial charge in [-0.25, -0.2) is 4.79 Å². The number of esters is 2. The van der Waals surface area contributed by atoms with E-state index in [1.165, 1.54) is 25.0 Å². The molecule has 0 bridgehead atoms. The molecule has 9 nitrogen and oxygen atoms in total. The zero-order valence-electron chi connectivity index (χ0n) is 13.9. The standard InChI is InChI=1S/C15H16Br2N2O7/c1-7(20)24-6-9-3-12(25-8(2)21)14(26-9)19-5-10(11(17)4-16)13(22)18-15(19)23/h4-5,9,12,14H,3,6H2,1-2H3,(H,18,22,23)/t9-,12+,14+/m0/s1. The molecule has 2 rings (SSSR count). The molecular formula is C15H16Br2N2O7. The predicted octanol–water partition coefficient (Wildman–Crippen LogP) is 1.41. The molecule has 11 heteroatoms. The van der Waals surface area contributed by atoms with E-state index in [1.807, 2.05) is 0 Å². The largest absolute Gasteiger partial charge is 0.463 e. The molecule has 1 fully saturated rings. The van der Waals surface area contributed by atoms with Crippen LogP contribution in [0.3, 0.4) is 0 Å². The van der Waals surface area contributed by atoms with Crippen molar-refractivity contribution in [2.75, 3.05) is 6.61 Å². The summed E-state index contributed by atoms with van der Waals surface area (Å²) >= 11 is 6.31. The Hall–Kier alpha value is -1.72. The summed E-state index contributed by atoms with van der Waals surface area (Å²) in [6, 6.07) is 0. The second-order valence-electron chi connectivity index (χ2n) is 5.50. The molecule has 1 aromatic rings. The number of hydrogen-bond donors (Lipinski definition) is 1. The monoisotopic (exact) mass is 494 g/mol. The lowest BCUT2D eigenvalue weighted by Gasteiger charge is -2.20. The Morgan fingerprint density at radius 3 is 2.65 bits per heavy atom. The Labute approximate surface area is 164 Å². The van der Waals surface area contributed by atoms with Crippen LogP contribution in [0, 0.1) is 0 Å². The fourth-order valence-corrected chi connectivity index (χ4v) is 3.03. The van der Waals surface area contributed by atoms with Crippen LogP contribution in [0.2, 0.25) is 0 Å². The molecule has 1 aromatic heterocycles. The van der Waals surface area contributed by atoms with Crippen molar-refractivity contribution in [1.29, 1.82) is 0 Å². The van der Waals surface area contributed by atoms with Crippen molar-refractivity contribution in [3.05, 3.63) is 37.6 Å². The Morgan fingerprint density at radius 2 is 2.08 bits per heavy atom. The molecule has 1 N–H and O–H groups in total. The average Bonchev–Trinajstić information content (AvgIpc) is 2.94. The molecule has 0 aliphatic carbocycles. The molecule has 0 spiro atoms. The topological polar surface area (TPSA) is 117 Å². The zero-order chi connectivity index (χ0) is 19.4. The highest BCUT2D eigenvalue weighted by atomic mass is 79.9. The maximum Gasteiger partial charge on any atom is 0.330 e. The van der Waals surface area contributed by atoms with Gasteiger partial charge < -0.3 is 14.2 Å². The number of nitrogens with zero attached hydrogens (tertiary/aromatic N) is 1. The molecule has 1 aliphatic rings. The van der Waals surface area contributed by atoms with E-state index >= 15 is 0 Å². The van der Waals surface area contributed by atoms with E-state index in [4.69, 9.17) is 14.2 Å². The van der Waals surface area contributed by atoms with Gasteiger partial charge >= 0.3 is 17.6 Å². The lowest BCUT2D eigenvalue weighted by Crippen LogP contribution is -2.37. The Kier molecular flexibility index (Phi) is 6.95. The highest BCUT2D eigenvalue weighted by molar-refractivity contribution is 9.16. The van der Waals surface area contributed by atoms with Gasteiger partial charge in [-0.2, -0.15) is 0 Å². The number of aromatic nitrogens is 2. The number of hydrogen-bond acceptors (Lipinski definition) is 7. The predicted molar refractivity (Wildman–Crippen MR) is 97.9 cm³/mol. The molecule has 2 heterocycles. The fourth-order valence-electron chi connectivity index (χ4n) is 2.50. The number of carbonyl (C=O) groups is 2. The lowest BCUT2D eigenvalue weighted by molar-refractivity contribution is -0.153. The van der Waals surface area contributed by atoms with Crippen molar-refractivity contribution in [3.8, 4) is 0 Å². The van der Waals surface area contributed by atoms with Crippen LogP contribution in [0.5, 0.6) is 0 Å². The van der Waals surface area contributed by atoms with E-state index in [1.54, 1.807) is 0 Å². The quantitative estimate of drug-likeness (QED) is 0.613. The van der Waals surface area contributed by atoms with Crippen LogP contribution in [-0.4, -0.2) is 40.3 Å². The normalized spacial score (nSPS) is 22.9. The summed E-state index contributed by atoms with van der Waals surface area (Å²) in [5, 5.41) is 0. The van der Waals surface area contributed by atoms with E-state index in [0.29, 0.717) is 4.48 Å². The molecule has 3 atom stereocenters. The Balaban J connectivity index is 2.39. The number of rotatable bonds is 5. The maximum absolute atomic E-state index is 12.2. The van der Waals surface area contributed by atoms with Gasteiger partial charge in [-0.15, -0.1) is 0 Å². The first-order valence-electron chi connectivity index (χ1n) is 7.50.